The van der Waals surface area contributed by atoms with Gasteiger partial charge in [-0.2, -0.15) is 4.98 Å². The maximum atomic E-state index is 12.3. The molecule has 0 saturated carbocycles. The predicted octanol–water partition coefficient (Wildman–Crippen LogP) is 3.04. The lowest BCUT2D eigenvalue weighted by Crippen LogP contribution is -2.38. The third kappa shape index (κ3) is 4.82. The Bertz CT molecular complexity index is 936. The quantitative estimate of drug-likeness (QED) is 0.659. The average Bonchev–Trinajstić information content (AvgIpc) is 3.17. The van der Waals surface area contributed by atoms with E-state index in [9.17, 15) is 9.59 Å². The summed E-state index contributed by atoms with van der Waals surface area (Å²) >= 11 is 0. The molecule has 3 aromatic rings. The molecular formula is C21H22N4O3. The van der Waals surface area contributed by atoms with E-state index >= 15 is 0 Å². The van der Waals surface area contributed by atoms with Crippen molar-refractivity contribution in [1.82, 2.24) is 20.8 Å². The van der Waals surface area contributed by atoms with Crippen LogP contribution < -0.4 is 10.6 Å². The van der Waals surface area contributed by atoms with Gasteiger partial charge in [0.15, 0.2) is 5.82 Å². The van der Waals surface area contributed by atoms with Crippen molar-refractivity contribution in [2.24, 2.45) is 0 Å². The lowest BCUT2D eigenvalue weighted by molar-refractivity contribution is -0.121. The first kappa shape index (κ1) is 19.3. The van der Waals surface area contributed by atoms with Gasteiger partial charge in [0.2, 0.25) is 11.8 Å². The molecule has 7 heteroatoms. The van der Waals surface area contributed by atoms with Gasteiger partial charge in [0.05, 0.1) is 12.6 Å². The number of aryl methyl sites for hydroxylation is 1. The molecule has 0 radical (unpaired) electrons. The van der Waals surface area contributed by atoms with Crippen molar-refractivity contribution < 1.29 is 14.1 Å². The summed E-state index contributed by atoms with van der Waals surface area (Å²) in [6.07, 6.45) is 0.611. The van der Waals surface area contributed by atoms with Crippen LogP contribution in [0.4, 0.5) is 0 Å². The summed E-state index contributed by atoms with van der Waals surface area (Å²) < 4.78 is 4.94. The number of carbonyl (C=O) groups excluding carboxylic acids is 2. The largest absolute Gasteiger partial charge is 0.344 e. The van der Waals surface area contributed by atoms with Crippen LogP contribution in [0, 0.1) is 6.92 Å². The number of nitrogens with one attached hydrogen (secondary N) is 2. The number of amides is 2. The summed E-state index contributed by atoms with van der Waals surface area (Å²) in [5.74, 6) is 0.243. The maximum absolute atomic E-state index is 12.3. The molecule has 1 atom stereocenters. The predicted molar refractivity (Wildman–Crippen MR) is 104 cm³/mol. The molecule has 0 aliphatic carbocycles. The number of hydrogen-bond donors (Lipinski definition) is 2. The van der Waals surface area contributed by atoms with Crippen LogP contribution in [0.25, 0.3) is 11.1 Å². The molecule has 0 bridgehead atoms. The molecule has 0 spiro atoms. The molecule has 1 heterocycles. The monoisotopic (exact) mass is 378 g/mol. The molecule has 2 amide bonds. The van der Waals surface area contributed by atoms with Gasteiger partial charge in [0.1, 0.15) is 0 Å². The number of carbonyl (C=O) groups is 2. The van der Waals surface area contributed by atoms with Crippen LogP contribution in [0.1, 0.15) is 41.5 Å². The van der Waals surface area contributed by atoms with E-state index < -0.39 is 0 Å². The molecule has 7 nitrogen and oxygen atoms in total. The van der Waals surface area contributed by atoms with Crippen LogP contribution in [-0.2, 0) is 4.79 Å². The third-order valence-electron chi connectivity index (χ3n) is 4.26. The van der Waals surface area contributed by atoms with Crippen molar-refractivity contribution in [1.29, 1.82) is 0 Å². The van der Waals surface area contributed by atoms with Gasteiger partial charge in [-0.05, 0) is 29.7 Å². The van der Waals surface area contributed by atoms with E-state index in [0.29, 0.717) is 23.7 Å². The zero-order valence-electron chi connectivity index (χ0n) is 15.8. The highest BCUT2D eigenvalue weighted by Crippen LogP contribution is 2.19. The number of aromatic nitrogens is 2. The zero-order valence-corrected chi connectivity index (χ0v) is 15.8. The Morgan fingerprint density at radius 2 is 1.71 bits per heavy atom. The Morgan fingerprint density at radius 3 is 2.32 bits per heavy atom. The van der Waals surface area contributed by atoms with Gasteiger partial charge in [0, 0.05) is 12.5 Å². The summed E-state index contributed by atoms with van der Waals surface area (Å²) in [5.41, 5.74) is 2.60. The van der Waals surface area contributed by atoms with Gasteiger partial charge in [-0.3, -0.25) is 9.59 Å². The minimum Gasteiger partial charge on any atom is -0.344 e. The highest BCUT2D eigenvalue weighted by atomic mass is 16.5. The van der Waals surface area contributed by atoms with Crippen molar-refractivity contribution >= 4 is 11.8 Å². The molecule has 144 valence electrons. The molecule has 1 unspecified atom stereocenters. The number of rotatable bonds is 7. The van der Waals surface area contributed by atoms with Crippen molar-refractivity contribution in [2.45, 2.75) is 26.3 Å². The molecular weight excluding hydrogens is 356 g/mol. The van der Waals surface area contributed by atoms with E-state index in [0.717, 1.165) is 11.1 Å². The van der Waals surface area contributed by atoms with Gasteiger partial charge >= 0.3 is 0 Å². The smallest absolute Gasteiger partial charge is 0.251 e. The summed E-state index contributed by atoms with van der Waals surface area (Å²) in [4.78, 5) is 28.6. The zero-order chi connectivity index (χ0) is 19.9. The minimum absolute atomic E-state index is 0.132. The first-order valence-corrected chi connectivity index (χ1v) is 9.10. The second kappa shape index (κ2) is 8.94. The Morgan fingerprint density at radius 1 is 1.04 bits per heavy atom. The van der Waals surface area contributed by atoms with Gasteiger partial charge < -0.3 is 15.2 Å². The molecule has 28 heavy (non-hydrogen) atoms. The Kier molecular flexibility index (Phi) is 6.16. The van der Waals surface area contributed by atoms with E-state index in [1.54, 1.807) is 19.1 Å². The van der Waals surface area contributed by atoms with E-state index in [1.807, 2.05) is 49.4 Å². The van der Waals surface area contributed by atoms with Gasteiger partial charge in [-0.1, -0.05) is 54.5 Å². The van der Waals surface area contributed by atoms with E-state index in [1.165, 1.54) is 0 Å². The van der Waals surface area contributed by atoms with E-state index in [-0.39, 0.29) is 24.4 Å². The van der Waals surface area contributed by atoms with Gasteiger partial charge in [0.25, 0.3) is 5.91 Å². The minimum atomic E-state index is -0.355. The van der Waals surface area contributed by atoms with Crippen molar-refractivity contribution in [3.63, 3.8) is 0 Å². The fraction of sp³-hybridized carbons (Fsp3) is 0.238. The van der Waals surface area contributed by atoms with Gasteiger partial charge in [-0.15, -0.1) is 0 Å². The normalized spacial score (nSPS) is 11.6. The third-order valence-corrected chi connectivity index (χ3v) is 4.26. The molecule has 0 aliphatic heterocycles. The van der Waals surface area contributed by atoms with Crippen molar-refractivity contribution in [3.05, 3.63) is 71.9 Å². The summed E-state index contributed by atoms with van der Waals surface area (Å²) in [6.45, 7) is 3.46. The summed E-state index contributed by atoms with van der Waals surface area (Å²) in [6, 6.07) is 16.8. The van der Waals surface area contributed by atoms with Crippen LogP contribution in [0.2, 0.25) is 0 Å². The van der Waals surface area contributed by atoms with Crippen LogP contribution in [-0.4, -0.2) is 28.5 Å². The van der Waals surface area contributed by atoms with Crippen LogP contribution in [0.5, 0.6) is 0 Å². The van der Waals surface area contributed by atoms with Gasteiger partial charge in [-0.25, -0.2) is 0 Å². The number of nitrogens with zero attached hydrogens (tertiary/aromatic N) is 2. The van der Waals surface area contributed by atoms with Crippen LogP contribution in [0.3, 0.4) is 0 Å². The average molecular weight is 378 g/mol. The Balaban J connectivity index is 1.54. The highest BCUT2D eigenvalue weighted by Gasteiger charge is 2.18. The summed E-state index contributed by atoms with van der Waals surface area (Å²) in [7, 11) is 0. The molecule has 2 aromatic carbocycles. The number of benzene rings is 2. The highest BCUT2D eigenvalue weighted by molar-refractivity contribution is 5.96. The van der Waals surface area contributed by atoms with Crippen molar-refractivity contribution in [2.75, 3.05) is 6.54 Å². The molecule has 0 aliphatic rings. The second-order valence-electron chi connectivity index (χ2n) is 6.33. The molecule has 0 fully saturated rings. The fourth-order valence-corrected chi connectivity index (χ4v) is 2.76. The summed E-state index contributed by atoms with van der Waals surface area (Å²) in [5, 5.41) is 9.25. The number of hydrogen-bond acceptors (Lipinski definition) is 5. The molecule has 3 rings (SSSR count). The lowest BCUT2D eigenvalue weighted by Gasteiger charge is -2.13. The second-order valence-corrected chi connectivity index (χ2v) is 6.33. The molecule has 2 N–H and O–H groups in total. The first-order chi connectivity index (χ1) is 13.6. The topological polar surface area (TPSA) is 97.1 Å². The van der Waals surface area contributed by atoms with Crippen LogP contribution in [0.15, 0.2) is 59.1 Å². The SMILES string of the molecule is CCC(NC(=O)CNC(=O)c1ccc(-c2ccccc2)cc1)c1noc(C)n1. The van der Waals surface area contributed by atoms with Crippen LogP contribution >= 0.6 is 0 Å². The van der Waals surface area contributed by atoms with E-state index in [4.69, 9.17) is 4.52 Å². The fourth-order valence-electron chi connectivity index (χ4n) is 2.76. The maximum Gasteiger partial charge on any atom is 0.251 e. The first-order valence-electron chi connectivity index (χ1n) is 9.10. The molecule has 0 saturated heterocycles. The molecule has 1 aromatic heterocycles. The standard InChI is InChI=1S/C21H22N4O3/c1-3-18(20-23-14(2)28-25-20)24-19(26)13-22-21(27)17-11-9-16(10-12-17)15-7-5-4-6-8-15/h4-12,18H,3,13H2,1-2H3,(H,22,27)(H,24,26). The Hall–Kier alpha value is -3.48. The Labute approximate surface area is 163 Å². The lowest BCUT2D eigenvalue weighted by atomic mass is 10.0. The van der Waals surface area contributed by atoms with Crippen molar-refractivity contribution in [3.8, 4) is 11.1 Å². The van der Waals surface area contributed by atoms with E-state index in [2.05, 4.69) is 20.8 Å².